The highest BCUT2D eigenvalue weighted by Crippen LogP contribution is 2.32. The fourth-order valence-electron chi connectivity index (χ4n) is 3.96. The van der Waals surface area contributed by atoms with Gasteiger partial charge in [-0.3, -0.25) is 14.2 Å². The molecule has 2 N–H and O–H groups in total. The van der Waals surface area contributed by atoms with Crippen LogP contribution in [-0.4, -0.2) is 25.4 Å². The molecule has 0 unspecified atom stereocenters. The van der Waals surface area contributed by atoms with E-state index in [1.807, 2.05) is 16.8 Å². The Bertz CT molecular complexity index is 1880. The number of H-pyrrole nitrogens is 1. The number of halogens is 2. The molecule has 4 aromatic heterocycles. The number of nitrogens with one attached hydrogen (secondary N) is 2. The number of thiophene rings is 1. The molecule has 0 aliphatic heterocycles. The summed E-state index contributed by atoms with van der Waals surface area (Å²) in [4.78, 5) is 37.6. The molecule has 6 rings (SSSR count). The topological polar surface area (TPSA) is 102 Å². The summed E-state index contributed by atoms with van der Waals surface area (Å²) in [6.45, 7) is 0. The van der Waals surface area contributed by atoms with Crippen molar-refractivity contribution < 1.29 is 18.3 Å². The van der Waals surface area contributed by atoms with E-state index in [1.165, 1.54) is 76.8 Å². The van der Waals surface area contributed by atoms with Crippen LogP contribution in [0.15, 0.2) is 94.7 Å². The Morgan fingerprint density at radius 1 is 1.03 bits per heavy atom. The molecule has 0 aliphatic rings. The minimum atomic E-state index is -0.730. The van der Waals surface area contributed by atoms with Crippen LogP contribution in [0.4, 0.5) is 14.5 Å². The Morgan fingerprint density at radius 3 is 2.64 bits per heavy atom. The summed E-state index contributed by atoms with van der Waals surface area (Å²) in [5.74, 6) is -1.03. The van der Waals surface area contributed by atoms with E-state index in [9.17, 15) is 14.0 Å². The number of amides is 1. The highest BCUT2D eigenvalue weighted by atomic mass is 32.1. The van der Waals surface area contributed by atoms with Gasteiger partial charge in [-0.25, -0.2) is 18.7 Å². The second-order valence-corrected chi connectivity index (χ2v) is 9.16. The molecule has 2 aromatic carbocycles. The number of nitrogens with zero attached hydrogens (tertiary/aromatic N) is 3. The first kappa shape index (κ1) is 24.2. The highest BCUT2D eigenvalue weighted by molar-refractivity contribution is 7.08. The minimum absolute atomic E-state index is 0.0782. The van der Waals surface area contributed by atoms with Crippen molar-refractivity contribution in [2.24, 2.45) is 0 Å². The van der Waals surface area contributed by atoms with Gasteiger partial charge < -0.3 is 15.0 Å². The van der Waals surface area contributed by atoms with Crippen molar-refractivity contribution in [1.82, 2.24) is 19.5 Å². The summed E-state index contributed by atoms with van der Waals surface area (Å²) in [7, 11) is 0. The van der Waals surface area contributed by atoms with Crippen LogP contribution in [0.25, 0.3) is 28.2 Å². The van der Waals surface area contributed by atoms with E-state index >= 15 is 4.39 Å². The third-order valence-electron chi connectivity index (χ3n) is 5.85. The first-order valence-corrected chi connectivity index (χ1v) is 12.5. The Kier molecular flexibility index (Phi) is 6.17. The van der Waals surface area contributed by atoms with Crippen LogP contribution in [0.5, 0.6) is 11.5 Å². The minimum Gasteiger partial charge on any atom is -0.452 e. The number of fused-ring (bicyclic) bond motifs is 1. The van der Waals surface area contributed by atoms with Gasteiger partial charge in [-0.05, 0) is 60.0 Å². The van der Waals surface area contributed by atoms with E-state index in [2.05, 4.69) is 20.3 Å². The van der Waals surface area contributed by atoms with Crippen molar-refractivity contribution in [2.45, 2.75) is 0 Å². The number of rotatable bonds is 6. The second kappa shape index (κ2) is 9.95. The van der Waals surface area contributed by atoms with Gasteiger partial charge in [0.15, 0.2) is 23.0 Å². The fourth-order valence-corrected chi connectivity index (χ4v) is 4.60. The van der Waals surface area contributed by atoms with Crippen LogP contribution in [0.1, 0.15) is 10.4 Å². The summed E-state index contributed by atoms with van der Waals surface area (Å²) in [5, 5.41) is 6.41. The Hall–Kier alpha value is -5.16. The lowest BCUT2D eigenvalue weighted by Gasteiger charge is -2.11. The maximum Gasteiger partial charge on any atom is 0.267 e. The summed E-state index contributed by atoms with van der Waals surface area (Å²) < 4.78 is 35.3. The zero-order chi connectivity index (χ0) is 26.9. The number of imidazole rings is 1. The molecular formula is C28H17F2N5O3S. The lowest BCUT2D eigenvalue weighted by atomic mass is 10.2. The summed E-state index contributed by atoms with van der Waals surface area (Å²) in [5.41, 5.74) is 1.59. The number of hydrogen-bond acceptors (Lipinski definition) is 6. The van der Waals surface area contributed by atoms with Gasteiger partial charge in [-0.15, -0.1) is 0 Å². The number of carbonyl (C=O) groups excluding carboxylic acids is 1. The molecule has 1 amide bonds. The Labute approximate surface area is 223 Å². The molecule has 11 heteroatoms. The molecule has 0 fully saturated rings. The van der Waals surface area contributed by atoms with Gasteiger partial charge in [0.25, 0.3) is 11.5 Å². The number of carbonyl (C=O) groups is 1. The van der Waals surface area contributed by atoms with Crippen LogP contribution in [0.3, 0.4) is 0 Å². The van der Waals surface area contributed by atoms with Crippen molar-refractivity contribution in [3.8, 4) is 28.6 Å². The SMILES string of the molecule is O=C(Nc1ccc(Oc2ccnc3nc(-c4ccsc4)[nH]c23)c(F)c1)c1cccn(-c2ccc(F)cc2)c1=O. The number of hydrogen-bond donors (Lipinski definition) is 2. The molecule has 0 bridgehead atoms. The van der Waals surface area contributed by atoms with E-state index in [-0.39, 0.29) is 17.0 Å². The molecule has 8 nitrogen and oxygen atoms in total. The quantitative estimate of drug-likeness (QED) is 0.263. The number of ether oxygens (including phenoxy) is 1. The monoisotopic (exact) mass is 541 g/mol. The molecule has 0 saturated heterocycles. The molecule has 0 aliphatic carbocycles. The molecule has 192 valence electrons. The average molecular weight is 542 g/mol. The Balaban J connectivity index is 1.22. The van der Waals surface area contributed by atoms with Crippen LogP contribution < -0.4 is 15.6 Å². The van der Waals surface area contributed by atoms with E-state index < -0.39 is 23.1 Å². The molecule has 6 aromatic rings. The van der Waals surface area contributed by atoms with Gasteiger partial charge >= 0.3 is 0 Å². The van der Waals surface area contributed by atoms with Gasteiger partial charge in [0.2, 0.25) is 0 Å². The number of aromatic amines is 1. The van der Waals surface area contributed by atoms with Gasteiger partial charge in [-0.2, -0.15) is 11.3 Å². The van der Waals surface area contributed by atoms with E-state index in [1.54, 1.807) is 6.07 Å². The van der Waals surface area contributed by atoms with Gasteiger partial charge in [0, 0.05) is 46.8 Å². The molecule has 39 heavy (non-hydrogen) atoms. The predicted octanol–water partition coefficient (Wildman–Crippen LogP) is 6.16. The van der Waals surface area contributed by atoms with Gasteiger partial charge in [0.1, 0.15) is 22.7 Å². The summed E-state index contributed by atoms with van der Waals surface area (Å²) in [6, 6.07) is 15.6. The predicted molar refractivity (Wildman–Crippen MR) is 144 cm³/mol. The van der Waals surface area contributed by atoms with Crippen LogP contribution >= 0.6 is 11.3 Å². The fraction of sp³-hybridized carbons (Fsp3) is 0. The molecule has 4 heterocycles. The smallest absolute Gasteiger partial charge is 0.267 e. The zero-order valence-electron chi connectivity index (χ0n) is 19.9. The second-order valence-electron chi connectivity index (χ2n) is 8.38. The lowest BCUT2D eigenvalue weighted by Crippen LogP contribution is -2.27. The highest BCUT2D eigenvalue weighted by Gasteiger charge is 2.16. The first-order chi connectivity index (χ1) is 19.0. The van der Waals surface area contributed by atoms with E-state index in [0.29, 0.717) is 28.4 Å². The molecule has 0 spiro atoms. The van der Waals surface area contributed by atoms with Crippen molar-refractivity contribution in [1.29, 1.82) is 0 Å². The summed E-state index contributed by atoms with van der Waals surface area (Å²) >= 11 is 1.54. The van der Waals surface area contributed by atoms with Gasteiger partial charge in [0.05, 0.1) is 0 Å². The van der Waals surface area contributed by atoms with Crippen molar-refractivity contribution in [3.05, 3.63) is 117 Å². The van der Waals surface area contributed by atoms with Crippen LogP contribution in [0.2, 0.25) is 0 Å². The standard InChI is InChI=1S/C28H17F2N5O3S/c29-17-3-6-19(7-4-17)35-12-1-2-20(28(35)37)27(36)32-18-5-8-22(21(30)14-18)38-23-9-11-31-26-24(23)33-25(34-26)16-10-13-39-15-16/h1-15H,(H,32,36)(H,31,33,34). The van der Waals surface area contributed by atoms with E-state index in [4.69, 9.17) is 4.74 Å². The first-order valence-electron chi connectivity index (χ1n) is 11.6. The molecule has 0 saturated carbocycles. The number of aromatic nitrogens is 4. The maximum atomic E-state index is 15.0. The number of anilines is 1. The van der Waals surface area contributed by atoms with Crippen molar-refractivity contribution in [3.63, 3.8) is 0 Å². The number of benzene rings is 2. The van der Waals surface area contributed by atoms with Crippen molar-refractivity contribution in [2.75, 3.05) is 5.32 Å². The van der Waals surface area contributed by atoms with E-state index in [0.717, 1.165) is 11.6 Å². The Morgan fingerprint density at radius 2 is 1.87 bits per heavy atom. The maximum absolute atomic E-state index is 15.0. The van der Waals surface area contributed by atoms with Crippen LogP contribution in [0, 0.1) is 11.6 Å². The number of pyridine rings is 2. The third-order valence-corrected chi connectivity index (χ3v) is 6.54. The summed E-state index contributed by atoms with van der Waals surface area (Å²) in [6.07, 6.45) is 2.98. The van der Waals surface area contributed by atoms with Gasteiger partial charge in [-0.1, -0.05) is 0 Å². The zero-order valence-corrected chi connectivity index (χ0v) is 20.7. The lowest BCUT2D eigenvalue weighted by molar-refractivity contribution is 0.102. The molecule has 0 radical (unpaired) electrons. The van der Waals surface area contributed by atoms with Crippen molar-refractivity contribution >= 4 is 34.1 Å². The molecular weight excluding hydrogens is 524 g/mol. The average Bonchev–Trinajstić information content (AvgIpc) is 3.62. The molecule has 0 atom stereocenters. The normalized spacial score (nSPS) is 11.0. The largest absolute Gasteiger partial charge is 0.452 e. The third kappa shape index (κ3) is 4.78. The van der Waals surface area contributed by atoms with Crippen LogP contribution in [-0.2, 0) is 0 Å².